The maximum absolute atomic E-state index is 13.2. The number of rotatable bonds is 3. The second kappa shape index (κ2) is 5.92. The Morgan fingerprint density at radius 1 is 1.50 bits per heavy atom. The van der Waals surface area contributed by atoms with E-state index < -0.39 is 5.54 Å². The lowest BCUT2D eigenvalue weighted by molar-refractivity contribution is -0.128. The van der Waals surface area contributed by atoms with Gasteiger partial charge in [0.1, 0.15) is 5.82 Å². The molecule has 20 heavy (non-hydrogen) atoms. The van der Waals surface area contributed by atoms with E-state index in [9.17, 15) is 9.18 Å². The van der Waals surface area contributed by atoms with Crippen LogP contribution in [-0.4, -0.2) is 11.4 Å². The average molecular weight is 278 g/mol. The van der Waals surface area contributed by atoms with E-state index >= 15 is 0 Å². The Kier molecular flexibility index (Phi) is 4.43. The number of hydrogen-bond donors (Lipinski definition) is 2. The molecule has 1 amide bonds. The van der Waals surface area contributed by atoms with Gasteiger partial charge in [0.2, 0.25) is 5.91 Å². The molecule has 1 saturated carbocycles. The molecule has 0 heterocycles. The smallest absolute Gasteiger partial charge is 0.225 e. The number of nitrogens with two attached hydrogens (primary N) is 1. The van der Waals surface area contributed by atoms with Crippen LogP contribution in [0.2, 0.25) is 0 Å². The summed E-state index contributed by atoms with van der Waals surface area (Å²) in [6, 6.07) is 4.90. The van der Waals surface area contributed by atoms with Gasteiger partial charge in [0.15, 0.2) is 0 Å². The third-order valence-electron chi connectivity index (χ3n) is 4.26. The number of benzene rings is 1. The monoisotopic (exact) mass is 278 g/mol. The van der Waals surface area contributed by atoms with Gasteiger partial charge in [-0.25, -0.2) is 4.39 Å². The Morgan fingerprint density at radius 2 is 2.25 bits per heavy atom. The molecule has 1 fully saturated rings. The molecule has 2 atom stereocenters. The molecule has 0 aliphatic heterocycles. The molecule has 0 radical (unpaired) electrons. The molecule has 0 bridgehead atoms. The maximum atomic E-state index is 13.2. The van der Waals surface area contributed by atoms with Crippen molar-refractivity contribution in [1.82, 2.24) is 5.32 Å². The van der Waals surface area contributed by atoms with Gasteiger partial charge in [-0.1, -0.05) is 25.0 Å². The summed E-state index contributed by atoms with van der Waals surface area (Å²) in [6.45, 7) is 4.10. The highest BCUT2D eigenvalue weighted by Crippen LogP contribution is 2.31. The summed E-state index contributed by atoms with van der Waals surface area (Å²) < 4.78 is 13.2. The third-order valence-corrected chi connectivity index (χ3v) is 4.26. The number of hydrogen-bond acceptors (Lipinski definition) is 2. The molecule has 4 heteroatoms. The average Bonchev–Trinajstić information content (AvgIpc) is 2.39. The first-order chi connectivity index (χ1) is 9.40. The Bertz CT molecular complexity index is 499. The van der Waals surface area contributed by atoms with Crippen molar-refractivity contribution in [1.29, 1.82) is 0 Å². The zero-order valence-electron chi connectivity index (χ0n) is 12.2. The predicted octanol–water partition coefficient (Wildman–Crippen LogP) is 2.66. The fraction of sp³-hybridized carbons (Fsp3) is 0.562. The van der Waals surface area contributed by atoms with Crippen molar-refractivity contribution in [2.24, 2.45) is 11.7 Å². The van der Waals surface area contributed by atoms with E-state index in [1.54, 1.807) is 19.1 Å². The second-order valence-electron chi connectivity index (χ2n) is 6.11. The SMILES string of the molecule is Cc1cc(CNC(=O)C2CCCCC2(C)N)ccc1F. The van der Waals surface area contributed by atoms with Crippen molar-refractivity contribution < 1.29 is 9.18 Å². The summed E-state index contributed by atoms with van der Waals surface area (Å²) in [5, 5.41) is 2.93. The maximum Gasteiger partial charge on any atom is 0.225 e. The van der Waals surface area contributed by atoms with Gasteiger partial charge in [0, 0.05) is 12.1 Å². The molecule has 0 aromatic heterocycles. The summed E-state index contributed by atoms with van der Waals surface area (Å²) in [7, 11) is 0. The predicted molar refractivity (Wildman–Crippen MR) is 77.5 cm³/mol. The molecule has 0 saturated heterocycles. The number of nitrogens with one attached hydrogen (secondary N) is 1. The van der Waals surface area contributed by atoms with Gasteiger partial charge in [0.25, 0.3) is 0 Å². The van der Waals surface area contributed by atoms with Gasteiger partial charge < -0.3 is 11.1 Å². The highest BCUT2D eigenvalue weighted by Gasteiger charge is 2.37. The van der Waals surface area contributed by atoms with Crippen LogP contribution in [0.3, 0.4) is 0 Å². The Labute approximate surface area is 119 Å². The Morgan fingerprint density at radius 3 is 2.90 bits per heavy atom. The van der Waals surface area contributed by atoms with E-state index in [1.807, 2.05) is 6.92 Å². The minimum absolute atomic E-state index is 0.0108. The molecule has 1 aliphatic carbocycles. The molecule has 1 aliphatic rings. The fourth-order valence-electron chi connectivity index (χ4n) is 2.92. The van der Waals surface area contributed by atoms with Gasteiger partial charge in [0.05, 0.1) is 5.92 Å². The van der Waals surface area contributed by atoms with Crippen molar-refractivity contribution in [3.8, 4) is 0 Å². The number of halogens is 1. The molecule has 2 unspecified atom stereocenters. The topological polar surface area (TPSA) is 55.1 Å². The minimum Gasteiger partial charge on any atom is -0.352 e. The van der Waals surface area contributed by atoms with Crippen LogP contribution in [0, 0.1) is 18.7 Å². The van der Waals surface area contributed by atoms with Crippen LogP contribution >= 0.6 is 0 Å². The normalized spacial score (nSPS) is 26.3. The summed E-state index contributed by atoms with van der Waals surface area (Å²) in [5.41, 5.74) is 7.31. The van der Waals surface area contributed by atoms with Gasteiger partial charge in [-0.3, -0.25) is 4.79 Å². The number of aryl methyl sites for hydroxylation is 1. The van der Waals surface area contributed by atoms with Crippen molar-refractivity contribution in [3.63, 3.8) is 0 Å². The first kappa shape index (κ1) is 15.0. The van der Waals surface area contributed by atoms with Crippen LogP contribution in [0.4, 0.5) is 4.39 Å². The summed E-state index contributed by atoms with van der Waals surface area (Å²) in [5.74, 6) is -0.337. The summed E-state index contributed by atoms with van der Waals surface area (Å²) >= 11 is 0. The highest BCUT2D eigenvalue weighted by molar-refractivity contribution is 5.80. The van der Waals surface area contributed by atoms with Crippen molar-refractivity contribution in [2.75, 3.05) is 0 Å². The van der Waals surface area contributed by atoms with Crippen LogP contribution in [0.5, 0.6) is 0 Å². The number of carbonyl (C=O) groups is 1. The lowest BCUT2D eigenvalue weighted by atomic mass is 9.74. The van der Waals surface area contributed by atoms with E-state index in [1.165, 1.54) is 6.07 Å². The molecule has 1 aromatic rings. The van der Waals surface area contributed by atoms with Gasteiger partial charge >= 0.3 is 0 Å². The Balaban J connectivity index is 1.96. The van der Waals surface area contributed by atoms with Crippen LogP contribution in [0.1, 0.15) is 43.7 Å². The van der Waals surface area contributed by atoms with E-state index in [2.05, 4.69) is 5.32 Å². The van der Waals surface area contributed by atoms with Crippen molar-refractivity contribution in [3.05, 3.63) is 35.1 Å². The third kappa shape index (κ3) is 3.37. The Hall–Kier alpha value is -1.42. The highest BCUT2D eigenvalue weighted by atomic mass is 19.1. The molecule has 0 spiro atoms. The quantitative estimate of drug-likeness (QED) is 0.893. The van der Waals surface area contributed by atoms with Crippen LogP contribution in [0.25, 0.3) is 0 Å². The van der Waals surface area contributed by atoms with Gasteiger partial charge in [-0.2, -0.15) is 0 Å². The van der Waals surface area contributed by atoms with Crippen LogP contribution < -0.4 is 11.1 Å². The second-order valence-corrected chi connectivity index (χ2v) is 6.11. The molecule has 110 valence electrons. The molecule has 3 N–H and O–H groups in total. The zero-order valence-corrected chi connectivity index (χ0v) is 12.2. The standard InChI is InChI=1S/C16H23FN2O/c1-11-9-12(6-7-14(11)17)10-19-15(20)13-5-3-4-8-16(13,2)18/h6-7,9,13H,3-5,8,10,18H2,1-2H3,(H,19,20). The number of amides is 1. The molecular weight excluding hydrogens is 255 g/mol. The van der Waals surface area contributed by atoms with Gasteiger partial charge in [-0.15, -0.1) is 0 Å². The molecule has 3 nitrogen and oxygen atoms in total. The summed E-state index contributed by atoms with van der Waals surface area (Å²) in [4.78, 5) is 12.3. The minimum atomic E-state index is -0.416. The first-order valence-electron chi connectivity index (χ1n) is 7.22. The van der Waals surface area contributed by atoms with E-state index in [-0.39, 0.29) is 17.6 Å². The van der Waals surface area contributed by atoms with Crippen molar-refractivity contribution in [2.45, 2.75) is 51.6 Å². The van der Waals surface area contributed by atoms with Gasteiger partial charge in [-0.05, 0) is 43.9 Å². The molecular formula is C16H23FN2O. The fourth-order valence-corrected chi connectivity index (χ4v) is 2.92. The number of carbonyl (C=O) groups excluding carboxylic acids is 1. The largest absolute Gasteiger partial charge is 0.352 e. The van der Waals surface area contributed by atoms with E-state index in [0.29, 0.717) is 12.1 Å². The molecule has 1 aromatic carbocycles. The summed E-state index contributed by atoms with van der Waals surface area (Å²) in [6.07, 6.45) is 3.89. The van der Waals surface area contributed by atoms with Crippen LogP contribution in [0.15, 0.2) is 18.2 Å². The van der Waals surface area contributed by atoms with Crippen LogP contribution in [-0.2, 0) is 11.3 Å². The molecule has 2 rings (SSSR count). The lowest BCUT2D eigenvalue weighted by Crippen LogP contribution is -2.52. The lowest BCUT2D eigenvalue weighted by Gasteiger charge is -2.37. The van der Waals surface area contributed by atoms with E-state index in [4.69, 9.17) is 5.73 Å². The van der Waals surface area contributed by atoms with Crippen molar-refractivity contribution >= 4 is 5.91 Å². The zero-order chi connectivity index (χ0) is 14.8. The first-order valence-corrected chi connectivity index (χ1v) is 7.22. The van der Waals surface area contributed by atoms with E-state index in [0.717, 1.165) is 31.2 Å².